The third kappa shape index (κ3) is 5.47. The summed E-state index contributed by atoms with van der Waals surface area (Å²) in [4.78, 5) is 2.51. The van der Waals surface area contributed by atoms with Gasteiger partial charge in [-0.3, -0.25) is 0 Å². The molecule has 0 amide bonds. The summed E-state index contributed by atoms with van der Waals surface area (Å²) in [5.74, 6) is 1.77. The van der Waals surface area contributed by atoms with E-state index in [1.54, 1.807) is 0 Å². The quantitative estimate of drug-likeness (QED) is 0.166. The third-order valence-electron chi connectivity index (χ3n) is 14.5. The first-order chi connectivity index (χ1) is 33.8. The van der Waals surface area contributed by atoms with Crippen LogP contribution in [0.1, 0.15) is 22.3 Å². The maximum Gasteiger partial charge on any atom is 0.132 e. The molecule has 0 N–H and O–H groups in total. The fraction of sp³-hybridized carbons (Fsp3) is 0.0154. The van der Waals surface area contributed by atoms with Gasteiger partial charge in [0.2, 0.25) is 0 Å². The lowest BCUT2D eigenvalue weighted by Gasteiger charge is -2.45. The minimum absolute atomic E-state index is 0.633. The maximum absolute atomic E-state index is 6.76. The van der Waals surface area contributed by atoms with Gasteiger partial charge in [-0.05, 0) is 87.3 Å². The molecular formula is C65H42N2O. The molecule has 0 radical (unpaired) electrons. The van der Waals surface area contributed by atoms with Crippen LogP contribution in [0.25, 0.3) is 71.6 Å². The molecule has 2 aliphatic rings. The summed E-state index contributed by atoms with van der Waals surface area (Å²) in [6, 6.07) is 93.1. The second-order valence-corrected chi connectivity index (χ2v) is 17.9. The summed E-state index contributed by atoms with van der Waals surface area (Å²) in [7, 11) is 0. The Balaban J connectivity index is 1.09. The van der Waals surface area contributed by atoms with Gasteiger partial charge in [-0.2, -0.15) is 0 Å². The highest BCUT2D eigenvalue weighted by molar-refractivity contribution is 6.14. The highest BCUT2D eigenvalue weighted by Crippen LogP contribution is 2.62. The van der Waals surface area contributed by atoms with E-state index in [1.807, 2.05) is 0 Å². The molecule has 14 rings (SSSR count). The molecule has 0 saturated heterocycles. The van der Waals surface area contributed by atoms with Crippen LogP contribution >= 0.6 is 0 Å². The second-order valence-electron chi connectivity index (χ2n) is 17.9. The number of nitrogens with zero attached hydrogens (tertiary/aromatic N) is 2. The summed E-state index contributed by atoms with van der Waals surface area (Å²) in [5, 5.41) is 4.84. The van der Waals surface area contributed by atoms with Crippen LogP contribution in [0.5, 0.6) is 11.5 Å². The van der Waals surface area contributed by atoms with Gasteiger partial charge in [0.15, 0.2) is 0 Å². The number of benzene rings is 11. The molecule has 1 aliphatic carbocycles. The Morgan fingerprint density at radius 2 is 0.897 bits per heavy atom. The highest BCUT2D eigenvalue weighted by Gasteiger charge is 2.49. The van der Waals surface area contributed by atoms with Crippen molar-refractivity contribution in [2.24, 2.45) is 0 Å². The molecule has 1 aliphatic heterocycles. The van der Waals surface area contributed by atoms with Gasteiger partial charge in [-0.1, -0.05) is 206 Å². The number of anilines is 3. The van der Waals surface area contributed by atoms with E-state index in [-0.39, 0.29) is 0 Å². The lowest BCUT2D eigenvalue weighted by atomic mass is 9.58. The molecule has 318 valence electrons. The molecule has 1 aromatic heterocycles. The first-order valence-corrected chi connectivity index (χ1v) is 23.4. The lowest BCUT2D eigenvalue weighted by molar-refractivity contribution is 0.435. The van der Waals surface area contributed by atoms with E-state index in [4.69, 9.17) is 4.74 Å². The van der Waals surface area contributed by atoms with Gasteiger partial charge >= 0.3 is 0 Å². The van der Waals surface area contributed by atoms with E-state index in [1.165, 1.54) is 60.4 Å². The fourth-order valence-electron chi connectivity index (χ4n) is 11.7. The molecular weight excluding hydrogens is 825 g/mol. The van der Waals surface area contributed by atoms with Crippen LogP contribution in [-0.2, 0) is 5.41 Å². The van der Waals surface area contributed by atoms with Gasteiger partial charge in [0.25, 0.3) is 0 Å². The van der Waals surface area contributed by atoms with Gasteiger partial charge in [-0.25, -0.2) is 0 Å². The molecule has 3 nitrogen and oxygen atoms in total. The van der Waals surface area contributed by atoms with Crippen LogP contribution in [-0.4, -0.2) is 4.57 Å². The highest BCUT2D eigenvalue weighted by atomic mass is 16.5. The average molecular weight is 867 g/mol. The third-order valence-corrected chi connectivity index (χ3v) is 14.5. The van der Waals surface area contributed by atoms with Crippen molar-refractivity contribution in [3.8, 4) is 50.6 Å². The zero-order chi connectivity index (χ0) is 44.8. The van der Waals surface area contributed by atoms with Crippen molar-refractivity contribution in [2.75, 3.05) is 4.90 Å². The van der Waals surface area contributed by atoms with Crippen LogP contribution < -0.4 is 9.64 Å². The normalized spacial score (nSPS) is 12.9. The standard InChI is InChI=1S/C65H42N2O/c1-3-20-43(21-4-1)46-24-8-14-33-57(46)66(45-38-39-50-49-27-10-16-35-59(49)67(61(50)42-45)58-34-15-9-25-47(58)44-22-5-2-6-23-44)60-41-40-51-48-26-7-11-29-53(48)65(56-32-19-28-52(60)64(51)56)54-30-12-17-36-62(54)68-63-37-18-13-31-55(63)65/h1-42H. The van der Waals surface area contributed by atoms with Crippen LogP contribution in [0.4, 0.5) is 17.1 Å². The van der Waals surface area contributed by atoms with Gasteiger partial charge < -0.3 is 14.2 Å². The summed E-state index contributed by atoms with van der Waals surface area (Å²) in [5.41, 5.74) is 18.0. The number of rotatable bonds is 6. The zero-order valence-corrected chi connectivity index (χ0v) is 37.1. The second kappa shape index (κ2) is 15.1. The minimum atomic E-state index is -0.633. The maximum atomic E-state index is 6.76. The van der Waals surface area contributed by atoms with E-state index in [2.05, 4.69) is 264 Å². The minimum Gasteiger partial charge on any atom is -0.457 e. The molecule has 68 heavy (non-hydrogen) atoms. The van der Waals surface area contributed by atoms with Gasteiger partial charge in [-0.15, -0.1) is 0 Å². The average Bonchev–Trinajstić information content (AvgIpc) is 3.74. The van der Waals surface area contributed by atoms with Crippen molar-refractivity contribution in [1.82, 2.24) is 4.57 Å². The zero-order valence-electron chi connectivity index (χ0n) is 37.1. The first-order valence-electron chi connectivity index (χ1n) is 23.4. The van der Waals surface area contributed by atoms with E-state index in [0.717, 1.165) is 62.0 Å². The number of ether oxygens (including phenoxy) is 1. The molecule has 12 aromatic rings. The van der Waals surface area contributed by atoms with Gasteiger partial charge in [0.05, 0.1) is 33.5 Å². The first kappa shape index (κ1) is 38.4. The molecule has 0 atom stereocenters. The van der Waals surface area contributed by atoms with Crippen molar-refractivity contribution < 1.29 is 4.74 Å². The fourth-order valence-corrected chi connectivity index (χ4v) is 11.7. The molecule has 0 unspecified atom stereocenters. The van der Waals surface area contributed by atoms with E-state index < -0.39 is 5.41 Å². The Labute approximate surface area is 395 Å². The predicted octanol–water partition coefficient (Wildman–Crippen LogP) is 17.2. The predicted molar refractivity (Wildman–Crippen MR) is 281 cm³/mol. The lowest BCUT2D eigenvalue weighted by Crippen LogP contribution is -2.36. The van der Waals surface area contributed by atoms with Crippen molar-refractivity contribution in [3.63, 3.8) is 0 Å². The van der Waals surface area contributed by atoms with Gasteiger partial charge in [0, 0.05) is 44.1 Å². The van der Waals surface area contributed by atoms with Gasteiger partial charge in [0.1, 0.15) is 11.5 Å². The Hall–Kier alpha value is -8.92. The van der Waals surface area contributed by atoms with Crippen LogP contribution in [0, 0.1) is 0 Å². The summed E-state index contributed by atoms with van der Waals surface area (Å²) in [6.45, 7) is 0. The van der Waals surface area contributed by atoms with Crippen molar-refractivity contribution in [2.45, 2.75) is 5.41 Å². The molecule has 3 heteroatoms. The van der Waals surface area contributed by atoms with E-state index in [9.17, 15) is 0 Å². The van der Waals surface area contributed by atoms with Crippen molar-refractivity contribution in [1.29, 1.82) is 0 Å². The number of hydrogen-bond donors (Lipinski definition) is 0. The largest absolute Gasteiger partial charge is 0.457 e. The smallest absolute Gasteiger partial charge is 0.132 e. The molecule has 11 aromatic carbocycles. The van der Waals surface area contributed by atoms with E-state index >= 15 is 0 Å². The van der Waals surface area contributed by atoms with Crippen LogP contribution in [0.3, 0.4) is 0 Å². The Morgan fingerprint density at radius 1 is 0.338 bits per heavy atom. The van der Waals surface area contributed by atoms with Crippen LogP contribution in [0.2, 0.25) is 0 Å². The number of hydrogen-bond acceptors (Lipinski definition) is 2. The number of para-hydroxylation sites is 5. The van der Waals surface area contributed by atoms with Crippen molar-refractivity contribution in [3.05, 3.63) is 277 Å². The molecule has 0 fully saturated rings. The molecule has 1 spiro atoms. The Bertz CT molecular complexity index is 3910. The van der Waals surface area contributed by atoms with Crippen LogP contribution in [0.15, 0.2) is 255 Å². The molecule has 2 heterocycles. The molecule has 0 saturated carbocycles. The van der Waals surface area contributed by atoms with Crippen molar-refractivity contribution >= 4 is 49.6 Å². The summed E-state index contributed by atoms with van der Waals surface area (Å²) < 4.78 is 9.23. The Morgan fingerprint density at radius 3 is 1.66 bits per heavy atom. The topological polar surface area (TPSA) is 17.4 Å². The monoisotopic (exact) mass is 866 g/mol. The number of fused-ring (bicyclic) bond motifs is 11. The molecule has 0 bridgehead atoms. The van der Waals surface area contributed by atoms with E-state index in [0.29, 0.717) is 0 Å². The summed E-state index contributed by atoms with van der Waals surface area (Å²) in [6.07, 6.45) is 0. The Kier molecular flexibility index (Phi) is 8.50. The summed E-state index contributed by atoms with van der Waals surface area (Å²) >= 11 is 0. The number of aromatic nitrogens is 1. The SMILES string of the molecule is c1ccc(-c2ccccc2N(c2ccc3c4ccccc4n(-c4ccccc4-c4ccccc4)c3c2)c2ccc3c4c(cccc24)C2(c4ccccc4Oc4ccccc42)c2ccccc2-3)cc1.